The van der Waals surface area contributed by atoms with E-state index < -0.39 is 5.91 Å². The van der Waals surface area contributed by atoms with Crippen LogP contribution >= 0.6 is 0 Å². The number of nitrogens with zero attached hydrogens (tertiary/aromatic N) is 1. The third-order valence-electron chi connectivity index (χ3n) is 2.97. The third kappa shape index (κ3) is 2.82. The Morgan fingerprint density at radius 1 is 1.37 bits per heavy atom. The maximum Gasteiger partial charge on any atom is 0.250 e. The molecule has 0 unspecified atom stereocenters. The summed E-state index contributed by atoms with van der Waals surface area (Å²) in [5, 5.41) is 3.15. The van der Waals surface area contributed by atoms with Crippen LogP contribution in [0.15, 0.2) is 36.7 Å². The number of hydrogen-bond donors (Lipinski definition) is 3. The van der Waals surface area contributed by atoms with E-state index in [1.54, 1.807) is 30.6 Å². The molecule has 0 bridgehead atoms. The molecule has 0 aliphatic rings. The predicted molar refractivity (Wildman–Crippen MR) is 75.7 cm³/mol. The zero-order valence-electron chi connectivity index (χ0n) is 10.7. The molecule has 0 aliphatic carbocycles. The first-order valence-electron chi connectivity index (χ1n) is 5.91. The number of nitrogens with two attached hydrogens (primary N) is 2. The summed E-state index contributed by atoms with van der Waals surface area (Å²) in [7, 11) is 0. The van der Waals surface area contributed by atoms with Gasteiger partial charge in [0.1, 0.15) is 0 Å². The standard InChI is InChI=1S/C14H16N4O/c1-9-5-6-17-7-10(9)8-18-13-11(14(16)19)3-2-4-12(13)15/h2-7,18H,8,15H2,1H3,(H2,16,19). The summed E-state index contributed by atoms with van der Waals surface area (Å²) in [5.74, 6) is -0.502. The van der Waals surface area contributed by atoms with Gasteiger partial charge in [-0.1, -0.05) is 6.07 Å². The summed E-state index contributed by atoms with van der Waals surface area (Å²) >= 11 is 0. The van der Waals surface area contributed by atoms with Crippen molar-refractivity contribution in [1.82, 2.24) is 4.98 Å². The molecule has 0 saturated carbocycles. The van der Waals surface area contributed by atoms with Gasteiger partial charge < -0.3 is 16.8 Å². The van der Waals surface area contributed by atoms with E-state index in [0.29, 0.717) is 23.5 Å². The fourth-order valence-electron chi connectivity index (χ4n) is 1.84. The van der Waals surface area contributed by atoms with Crippen LogP contribution in [0.3, 0.4) is 0 Å². The SMILES string of the molecule is Cc1ccncc1CNc1c(N)cccc1C(N)=O. The van der Waals surface area contributed by atoms with Crippen LogP contribution in [0.5, 0.6) is 0 Å². The number of aromatic nitrogens is 1. The highest BCUT2D eigenvalue weighted by molar-refractivity contribution is 6.01. The highest BCUT2D eigenvalue weighted by Crippen LogP contribution is 2.24. The predicted octanol–water partition coefficient (Wildman–Crippen LogP) is 1.68. The highest BCUT2D eigenvalue weighted by Gasteiger charge is 2.10. The first-order valence-corrected chi connectivity index (χ1v) is 5.91. The lowest BCUT2D eigenvalue weighted by atomic mass is 10.1. The largest absolute Gasteiger partial charge is 0.397 e. The number of aryl methyl sites for hydroxylation is 1. The fourth-order valence-corrected chi connectivity index (χ4v) is 1.84. The topological polar surface area (TPSA) is 94.0 Å². The Hall–Kier alpha value is -2.56. The number of carbonyl (C=O) groups excluding carboxylic acids is 1. The minimum Gasteiger partial charge on any atom is -0.397 e. The molecule has 0 fully saturated rings. The number of para-hydroxylation sites is 1. The van der Waals surface area contributed by atoms with Crippen molar-refractivity contribution in [3.63, 3.8) is 0 Å². The number of primary amides is 1. The summed E-state index contributed by atoms with van der Waals surface area (Å²) in [6.07, 6.45) is 3.52. The van der Waals surface area contributed by atoms with Gasteiger partial charge in [-0.25, -0.2) is 0 Å². The summed E-state index contributed by atoms with van der Waals surface area (Å²) < 4.78 is 0. The lowest BCUT2D eigenvalue weighted by Crippen LogP contribution is -2.15. The van der Waals surface area contributed by atoms with E-state index in [0.717, 1.165) is 11.1 Å². The van der Waals surface area contributed by atoms with Crippen LogP contribution in [0, 0.1) is 6.92 Å². The average molecular weight is 256 g/mol. The normalized spacial score (nSPS) is 10.2. The lowest BCUT2D eigenvalue weighted by Gasteiger charge is -2.13. The van der Waals surface area contributed by atoms with Gasteiger partial charge in [-0.05, 0) is 36.2 Å². The first kappa shape index (κ1) is 12.9. The minimum absolute atomic E-state index is 0.390. The number of anilines is 2. The first-order chi connectivity index (χ1) is 9.09. The number of amides is 1. The quantitative estimate of drug-likeness (QED) is 0.725. The molecule has 5 N–H and O–H groups in total. The summed E-state index contributed by atoms with van der Waals surface area (Å²) in [5.41, 5.74) is 14.8. The highest BCUT2D eigenvalue weighted by atomic mass is 16.1. The summed E-state index contributed by atoms with van der Waals surface area (Å²) in [4.78, 5) is 15.4. The zero-order valence-corrected chi connectivity index (χ0v) is 10.7. The average Bonchev–Trinajstić information content (AvgIpc) is 2.38. The third-order valence-corrected chi connectivity index (χ3v) is 2.97. The van der Waals surface area contributed by atoms with Gasteiger partial charge in [0.05, 0.1) is 16.9 Å². The molecule has 1 heterocycles. The summed E-state index contributed by atoms with van der Waals surface area (Å²) in [6.45, 7) is 2.54. The molecule has 2 rings (SSSR count). The maximum absolute atomic E-state index is 11.4. The molecule has 1 amide bonds. The van der Waals surface area contributed by atoms with Gasteiger partial charge in [-0.2, -0.15) is 0 Å². The second-order valence-electron chi connectivity index (χ2n) is 4.29. The molecule has 0 radical (unpaired) electrons. The second kappa shape index (κ2) is 5.39. The van der Waals surface area contributed by atoms with Crippen LogP contribution in [0.25, 0.3) is 0 Å². The van der Waals surface area contributed by atoms with Crippen LogP contribution in [0.2, 0.25) is 0 Å². The van der Waals surface area contributed by atoms with E-state index >= 15 is 0 Å². The molecule has 1 aromatic carbocycles. The fraction of sp³-hybridized carbons (Fsp3) is 0.143. The van der Waals surface area contributed by atoms with Crippen molar-refractivity contribution in [3.05, 3.63) is 53.3 Å². The van der Waals surface area contributed by atoms with Crippen LogP contribution < -0.4 is 16.8 Å². The Labute approximate surface area is 111 Å². The van der Waals surface area contributed by atoms with E-state index in [1.807, 2.05) is 13.0 Å². The smallest absolute Gasteiger partial charge is 0.250 e. The molecule has 0 spiro atoms. The van der Waals surface area contributed by atoms with Crippen molar-refractivity contribution in [1.29, 1.82) is 0 Å². The van der Waals surface area contributed by atoms with Gasteiger partial charge in [-0.15, -0.1) is 0 Å². The van der Waals surface area contributed by atoms with Gasteiger partial charge in [-0.3, -0.25) is 9.78 Å². The number of benzene rings is 1. The maximum atomic E-state index is 11.4. The second-order valence-corrected chi connectivity index (χ2v) is 4.29. The Bertz CT molecular complexity index is 610. The monoisotopic (exact) mass is 256 g/mol. The van der Waals surface area contributed by atoms with Gasteiger partial charge in [0, 0.05) is 18.9 Å². The number of nitrogen functional groups attached to an aromatic ring is 1. The van der Waals surface area contributed by atoms with Gasteiger partial charge in [0.15, 0.2) is 0 Å². The van der Waals surface area contributed by atoms with Crippen molar-refractivity contribution in [3.8, 4) is 0 Å². The van der Waals surface area contributed by atoms with E-state index in [9.17, 15) is 4.79 Å². The Balaban J connectivity index is 2.25. The molecule has 19 heavy (non-hydrogen) atoms. The van der Waals surface area contributed by atoms with Crippen LogP contribution in [-0.2, 0) is 6.54 Å². The molecule has 2 aromatic rings. The molecule has 5 nitrogen and oxygen atoms in total. The van der Waals surface area contributed by atoms with Gasteiger partial charge in [0.25, 0.3) is 5.91 Å². The van der Waals surface area contributed by atoms with Crippen LogP contribution in [0.1, 0.15) is 21.5 Å². The Morgan fingerprint density at radius 3 is 2.84 bits per heavy atom. The van der Waals surface area contributed by atoms with Gasteiger partial charge in [0.2, 0.25) is 0 Å². The van der Waals surface area contributed by atoms with E-state index in [4.69, 9.17) is 11.5 Å². The molecular weight excluding hydrogens is 240 g/mol. The van der Waals surface area contributed by atoms with Crippen molar-refractivity contribution >= 4 is 17.3 Å². The van der Waals surface area contributed by atoms with Crippen molar-refractivity contribution in [2.24, 2.45) is 5.73 Å². The molecule has 5 heteroatoms. The van der Waals surface area contributed by atoms with E-state index in [1.165, 1.54) is 0 Å². The number of rotatable bonds is 4. The molecule has 0 saturated heterocycles. The van der Waals surface area contributed by atoms with E-state index in [2.05, 4.69) is 10.3 Å². The summed E-state index contributed by atoms with van der Waals surface area (Å²) in [6, 6.07) is 7.01. The number of hydrogen-bond acceptors (Lipinski definition) is 4. The van der Waals surface area contributed by atoms with Crippen LogP contribution in [-0.4, -0.2) is 10.9 Å². The lowest BCUT2D eigenvalue weighted by molar-refractivity contribution is 0.100. The number of carbonyl (C=O) groups is 1. The van der Waals surface area contributed by atoms with Crippen molar-refractivity contribution in [2.75, 3.05) is 11.1 Å². The molecule has 0 aliphatic heterocycles. The van der Waals surface area contributed by atoms with Crippen LogP contribution in [0.4, 0.5) is 11.4 Å². The molecular formula is C14H16N4O. The van der Waals surface area contributed by atoms with E-state index in [-0.39, 0.29) is 0 Å². The molecule has 98 valence electrons. The number of nitrogens with one attached hydrogen (secondary N) is 1. The molecule has 0 atom stereocenters. The minimum atomic E-state index is -0.502. The Morgan fingerprint density at radius 2 is 2.16 bits per heavy atom. The molecule has 1 aromatic heterocycles. The number of pyridine rings is 1. The van der Waals surface area contributed by atoms with Crippen molar-refractivity contribution in [2.45, 2.75) is 13.5 Å². The Kier molecular flexibility index (Phi) is 3.66. The zero-order chi connectivity index (χ0) is 13.8. The van der Waals surface area contributed by atoms with Crippen molar-refractivity contribution < 1.29 is 4.79 Å². The van der Waals surface area contributed by atoms with Gasteiger partial charge >= 0.3 is 0 Å².